The Morgan fingerprint density at radius 3 is 2.57 bits per heavy atom. The maximum Gasteiger partial charge on any atom is 0.282 e. The Kier molecular flexibility index (Phi) is 3.23. The maximum absolute atomic E-state index is 10.9. The number of aryl methyl sites for hydroxylation is 1. The number of nitrogens with zero attached hydrogens (tertiary/aromatic N) is 1. The third-order valence-corrected chi connectivity index (χ3v) is 2.42. The summed E-state index contributed by atoms with van der Waals surface area (Å²) in [4.78, 5) is 20.9. The molecule has 0 N–H and O–H groups in total. The molecule has 0 radical (unpaired) electrons. The van der Waals surface area contributed by atoms with E-state index in [0.717, 1.165) is 0 Å². The van der Waals surface area contributed by atoms with Crippen molar-refractivity contribution >= 4 is 38.5 Å². The van der Waals surface area contributed by atoms with E-state index in [1.807, 2.05) is 0 Å². The average Bonchev–Trinajstić information content (AvgIpc) is 2.01. The van der Waals surface area contributed by atoms with Crippen LogP contribution < -0.4 is 0 Å². The fourth-order valence-electron chi connectivity index (χ4n) is 1.06. The summed E-state index contributed by atoms with van der Waals surface area (Å²) in [6.45, 7) is 1.69. The zero-order valence-corrected chi connectivity index (χ0v) is 9.42. The normalized spacial score (nSPS) is 9.93. The minimum absolute atomic E-state index is 0.109. The Balaban J connectivity index is 3.52. The van der Waals surface area contributed by atoms with E-state index in [0.29, 0.717) is 10.0 Å². The summed E-state index contributed by atoms with van der Waals surface area (Å²) < 4.78 is 0.337. The van der Waals surface area contributed by atoms with Gasteiger partial charge in [0.05, 0.1) is 4.92 Å². The van der Waals surface area contributed by atoms with Crippen LogP contribution in [0.1, 0.15) is 15.9 Å². The highest BCUT2D eigenvalue weighted by molar-refractivity contribution is 9.10. The predicted molar refractivity (Wildman–Crippen MR) is 55.7 cm³/mol. The summed E-state index contributed by atoms with van der Waals surface area (Å²) in [5.41, 5.74) is 0.296. The van der Waals surface area contributed by atoms with Crippen molar-refractivity contribution in [3.05, 3.63) is 37.8 Å². The van der Waals surface area contributed by atoms with Crippen LogP contribution in [0.4, 0.5) is 5.69 Å². The summed E-state index contributed by atoms with van der Waals surface area (Å²) in [6.07, 6.45) is 0. The van der Waals surface area contributed by atoms with E-state index in [1.165, 1.54) is 6.07 Å². The van der Waals surface area contributed by atoms with Crippen LogP contribution in [0, 0.1) is 17.0 Å². The molecule has 0 bridgehead atoms. The summed E-state index contributed by atoms with van der Waals surface area (Å²) in [7, 11) is 0. The Labute approximate surface area is 93.1 Å². The van der Waals surface area contributed by atoms with Crippen molar-refractivity contribution in [2.24, 2.45) is 0 Å². The second-order valence-electron chi connectivity index (χ2n) is 2.67. The van der Waals surface area contributed by atoms with Crippen LogP contribution in [0.15, 0.2) is 16.6 Å². The van der Waals surface area contributed by atoms with E-state index < -0.39 is 10.2 Å². The molecule has 0 aliphatic heterocycles. The Morgan fingerprint density at radius 1 is 1.57 bits per heavy atom. The monoisotopic (exact) mass is 277 g/mol. The van der Waals surface area contributed by atoms with E-state index in [1.54, 1.807) is 13.0 Å². The second kappa shape index (κ2) is 4.06. The standard InChI is InChI=1S/C8H5BrClNO3/c1-4-2-5(9)7(8(10)12)6(3-4)11(13)14/h2-3H,1H3. The molecule has 0 heterocycles. The number of carbonyl (C=O) groups excluding carboxylic acids is 1. The van der Waals surface area contributed by atoms with Crippen LogP contribution in [-0.4, -0.2) is 10.2 Å². The van der Waals surface area contributed by atoms with Crippen LogP contribution in [-0.2, 0) is 0 Å². The largest absolute Gasteiger partial charge is 0.282 e. The average molecular weight is 278 g/mol. The van der Waals surface area contributed by atoms with Gasteiger partial charge >= 0.3 is 0 Å². The van der Waals surface area contributed by atoms with Crippen molar-refractivity contribution in [3.8, 4) is 0 Å². The summed E-state index contributed by atoms with van der Waals surface area (Å²) in [5.74, 6) is 0. The zero-order valence-electron chi connectivity index (χ0n) is 7.08. The Morgan fingerprint density at radius 2 is 2.14 bits per heavy atom. The maximum atomic E-state index is 10.9. The molecule has 6 heteroatoms. The fourth-order valence-corrected chi connectivity index (χ4v) is 2.12. The van der Waals surface area contributed by atoms with Gasteiger partial charge in [0.2, 0.25) is 0 Å². The first-order valence-electron chi connectivity index (χ1n) is 3.58. The van der Waals surface area contributed by atoms with Crippen molar-refractivity contribution < 1.29 is 9.72 Å². The van der Waals surface area contributed by atoms with Gasteiger partial charge in [-0.05, 0) is 46.1 Å². The number of hydrogen-bond donors (Lipinski definition) is 0. The molecule has 1 rings (SSSR count). The van der Waals surface area contributed by atoms with Crippen molar-refractivity contribution in [1.29, 1.82) is 0 Å². The van der Waals surface area contributed by atoms with Gasteiger partial charge in [0.25, 0.3) is 10.9 Å². The van der Waals surface area contributed by atoms with E-state index in [4.69, 9.17) is 11.6 Å². The lowest BCUT2D eigenvalue weighted by Crippen LogP contribution is -2.00. The molecular formula is C8H5BrClNO3. The first kappa shape index (κ1) is 11.1. The van der Waals surface area contributed by atoms with Gasteiger partial charge in [0.1, 0.15) is 5.56 Å². The lowest BCUT2D eigenvalue weighted by atomic mass is 10.1. The van der Waals surface area contributed by atoms with Crippen LogP contribution in [0.5, 0.6) is 0 Å². The molecule has 0 saturated carbocycles. The second-order valence-corrected chi connectivity index (χ2v) is 3.87. The third-order valence-electron chi connectivity index (χ3n) is 1.61. The topological polar surface area (TPSA) is 60.2 Å². The van der Waals surface area contributed by atoms with Crippen LogP contribution in [0.25, 0.3) is 0 Å². The van der Waals surface area contributed by atoms with Crippen molar-refractivity contribution in [1.82, 2.24) is 0 Å². The molecule has 0 aliphatic carbocycles. The third kappa shape index (κ3) is 2.10. The number of hydrogen-bond acceptors (Lipinski definition) is 3. The minimum Gasteiger partial charge on any atom is -0.275 e. The Hall–Kier alpha value is -0.940. The summed E-state index contributed by atoms with van der Waals surface area (Å²) in [6, 6.07) is 2.91. The summed E-state index contributed by atoms with van der Waals surface area (Å²) >= 11 is 8.29. The zero-order chi connectivity index (χ0) is 10.9. The number of carbonyl (C=O) groups is 1. The number of benzene rings is 1. The quantitative estimate of drug-likeness (QED) is 0.474. The molecule has 0 aliphatic rings. The molecule has 1 aromatic carbocycles. The van der Waals surface area contributed by atoms with E-state index in [2.05, 4.69) is 15.9 Å². The molecule has 1 aromatic rings. The molecule has 0 saturated heterocycles. The molecular weight excluding hydrogens is 273 g/mol. The number of nitro groups is 1. The Bertz CT molecular complexity index is 419. The molecule has 0 aromatic heterocycles. The molecule has 74 valence electrons. The molecule has 0 amide bonds. The lowest BCUT2D eigenvalue weighted by molar-refractivity contribution is -0.385. The van der Waals surface area contributed by atoms with Gasteiger partial charge in [-0.15, -0.1) is 0 Å². The lowest BCUT2D eigenvalue weighted by Gasteiger charge is -2.02. The van der Waals surface area contributed by atoms with Crippen LogP contribution in [0.2, 0.25) is 0 Å². The van der Waals surface area contributed by atoms with Gasteiger partial charge < -0.3 is 0 Å². The van der Waals surface area contributed by atoms with Gasteiger partial charge in [-0.2, -0.15) is 0 Å². The van der Waals surface area contributed by atoms with E-state index in [-0.39, 0.29) is 11.3 Å². The molecule has 4 nitrogen and oxygen atoms in total. The number of rotatable bonds is 2. The predicted octanol–water partition coefficient (Wildman–Crippen LogP) is 3.04. The number of halogens is 2. The SMILES string of the molecule is Cc1cc(Br)c(C(=O)Cl)c([N+](=O)[O-])c1. The highest BCUT2D eigenvalue weighted by Gasteiger charge is 2.22. The molecule has 14 heavy (non-hydrogen) atoms. The van der Waals surface area contributed by atoms with Crippen LogP contribution in [0.3, 0.4) is 0 Å². The van der Waals surface area contributed by atoms with Crippen LogP contribution >= 0.6 is 27.5 Å². The highest BCUT2D eigenvalue weighted by Crippen LogP contribution is 2.29. The molecule has 0 spiro atoms. The minimum atomic E-state index is -0.844. The molecule has 0 atom stereocenters. The van der Waals surface area contributed by atoms with Crippen molar-refractivity contribution in [2.45, 2.75) is 6.92 Å². The first-order valence-corrected chi connectivity index (χ1v) is 4.75. The van der Waals surface area contributed by atoms with Crippen molar-refractivity contribution in [2.75, 3.05) is 0 Å². The smallest absolute Gasteiger partial charge is 0.275 e. The van der Waals surface area contributed by atoms with Gasteiger partial charge in [0, 0.05) is 10.5 Å². The number of nitro benzene ring substituents is 1. The summed E-state index contributed by atoms with van der Waals surface area (Å²) in [5, 5.41) is 9.76. The van der Waals surface area contributed by atoms with Gasteiger partial charge in [-0.3, -0.25) is 14.9 Å². The van der Waals surface area contributed by atoms with Gasteiger partial charge in [-0.25, -0.2) is 0 Å². The van der Waals surface area contributed by atoms with Crippen molar-refractivity contribution in [3.63, 3.8) is 0 Å². The van der Waals surface area contributed by atoms with E-state index >= 15 is 0 Å². The van der Waals surface area contributed by atoms with E-state index in [9.17, 15) is 14.9 Å². The first-order chi connectivity index (χ1) is 6.43. The van der Waals surface area contributed by atoms with Gasteiger partial charge in [0.15, 0.2) is 0 Å². The molecule has 0 unspecified atom stereocenters. The highest BCUT2D eigenvalue weighted by atomic mass is 79.9. The molecule has 0 fully saturated rings. The van der Waals surface area contributed by atoms with Gasteiger partial charge in [-0.1, -0.05) is 0 Å². The fraction of sp³-hybridized carbons (Fsp3) is 0.125.